The smallest absolute Gasteiger partial charge is 0.250 e. The van der Waals surface area contributed by atoms with E-state index in [1.54, 1.807) is 24.3 Å². The third-order valence-electron chi connectivity index (χ3n) is 3.19. The van der Waals surface area contributed by atoms with Crippen LogP contribution in [0.25, 0.3) is 0 Å². The molecule has 2 amide bonds. The van der Waals surface area contributed by atoms with Crippen LogP contribution in [0.5, 0.6) is 0 Å². The number of anilines is 1. The average molecular weight is 277 g/mol. The molecule has 108 valence electrons. The van der Waals surface area contributed by atoms with Gasteiger partial charge in [0.2, 0.25) is 11.8 Å². The number of primary amides is 1. The number of nitrogens with two attached hydrogens (primary N) is 1. The summed E-state index contributed by atoms with van der Waals surface area (Å²) >= 11 is 0. The second-order valence-electron chi connectivity index (χ2n) is 4.75. The maximum absolute atomic E-state index is 11.7. The van der Waals surface area contributed by atoms with Gasteiger partial charge in [0.15, 0.2) is 0 Å². The van der Waals surface area contributed by atoms with Gasteiger partial charge in [0.05, 0.1) is 6.10 Å². The topological polar surface area (TPSA) is 93.5 Å². The van der Waals surface area contributed by atoms with E-state index in [4.69, 9.17) is 10.5 Å². The molecule has 0 bridgehead atoms. The van der Waals surface area contributed by atoms with E-state index in [-0.39, 0.29) is 18.6 Å². The third kappa shape index (κ3) is 4.32. The summed E-state index contributed by atoms with van der Waals surface area (Å²) in [6.07, 6.45) is 2.01. The number of benzene rings is 1. The van der Waals surface area contributed by atoms with E-state index >= 15 is 0 Å². The molecule has 4 N–H and O–H groups in total. The summed E-state index contributed by atoms with van der Waals surface area (Å²) in [6.45, 7) is 1.91. The fourth-order valence-corrected chi connectivity index (χ4v) is 2.07. The number of ether oxygens (including phenoxy) is 1. The van der Waals surface area contributed by atoms with E-state index in [9.17, 15) is 9.59 Å². The van der Waals surface area contributed by atoms with Crippen molar-refractivity contribution in [1.29, 1.82) is 0 Å². The zero-order valence-corrected chi connectivity index (χ0v) is 11.2. The van der Waals surface area contributed by atoms with Crippen LogP contribution in [0.2, 0.25) is 0 Å². The summed E-state index contributed by atoms with van der Waals surface area (Å²) in [7, 11) is 0. The van der Waals surface area contributed by atoms with Crippen LogP contribution in [-0.4, -0.2) is 37.6 Å². The Kier molecular flexibility index (Phi) is 5.09. The predicted molar refractivity (Wildman–Crippen MR) is 75.4 cm³/mol. The van der Waals surface area contributed by atoms with Crippen molar-refractivity contribution in [2.75, 3.05) is 25.0 Å². The van der Waals surface area contributed by atoms with E-state index in [1.165, 1.54) is 0 Å². The second kappa shape index (κ2) is 7.02. The van der Waals surface area contributed by atoms with Crippen molar-refractivity contribution in [3.8, 4) is 0 Å². The first-order chi connectivity index (χ1) is 9.65. The van der Waals surface area contributed by atoms with Gasteiger partial charge in [-0.05, 0) is 50.2 Å². The van der Waals surface area contributed by atoms with E-state index in [0.29, 0.717) is 11.3 Å². The first-order valence-corrected chi connectivity index (χ1v) is 6.67. The van der Waals surface area contributed by atoms with Crippen LogP contribution in [0.3, 0.4) is 0 Å². The first-order valence-electron chi connectivity index (χ1n) is 6.67. The lowest BCUT2D eigenvalue weighted by molar-refractivity contribution is -0.123. The van der Waals surface area contributed by atoms with Gasteiger partial charge in [-0.15, -0.1) is 0 Å². The Bertz CT molecular complexity index is 467. The molecule has 1 aliphatic heterocycles. The van der Waals surface area contributed by atoms with E-state index < -0.39 is 5.91 Å². The molecule has 1 aliphatic rings. The molecule has 1 aromatic rings. The second-order valence-corrected chi connectivity index (χ2v) is 4.75. The Labute approximate surface area is 117 Å². The Hall–Kier alpha value is -1.92. The van der Waals surface area contributed by atoms with E-state index in [2.05, 4.69) is 10.6 Å². The van der Waals surface area contributed by atoms with Crippen LogP contribution in [0.4, 0.5) is 5.69 Å². The van der Waals surface area contributed by atoms with Crippen LogP contribution in [0, 0.1) is 0 Å². The lowest BCUT2D eigenvalue weighted by Gasteiger charge is -2.22. The maximum Gasteiger partial charge on any atom is 0.250 e. The minimum Gasteiger partial charge on any atom is -0.368 e. The van der Waals surface area contributed by atoms with Crippen molar-refractivity contribution in [2.24, 2.45) is 5.73 Å². The van der Waals surface area contributed by atoms with Gasteiger partial charge >= 0.3 is 0 Å². The minimum atomic E-state index is -0.489. The van der Waals surface area contributed by atoms with Gasteiger partial charge in [-0.2, -0.15) is 0 Å². The molecule has 20 heavy (non-hydrogen) atoms. The lowest BCUT2D eigenvalue weighted by atomic mass is 10.1. The van der Waals surface area contributed by atoms with Crippen molar-refractivity contribution in [3.63, 3.8) is 0 Å². The molecule has 0 radical (unpaired) electrons. The van der Waals surface area contributed by atoms with Crippen molar-refractivity contribution in [2.45, 2.75) is 18.9 Å². The molecule has 0 aromatic heterocycles. The third-order valence-corrected chi connectivity index (χ3v) is 3.19. The summed E-state index contributed by atoms with van der Waals surface area (Å²) in [4.78, 5) is 22.7. The van der Waals surface area contributed by atoms with E-state index in [0.717, 1.165) is 25.9 Å². The molecule has 1 aromatic carbocycles. The Morgan fingerprint density at radius 3 is 2.50 bits per heavy atom. The molecule has 0 saturated carbocycles. The Morgan fingerprint density at radius 2 is 1.90 bits per heavy atom. The number of piperidine rings is 1. The number of carbonyl (C=O) groups excluding carboxylic acids is 2. The van der Waals surface area contributed by atoms with Crippen LogP contribution in [0.15, 0.2) is 24.3 Å². The number of hydrogen-bond donors (Lipinski definition) is 3. The summed E-state index contributed by atoms with van der Waals surface area (Å²) in [5, 5.41) is 5.95. The summed E-state index contributed by atoms with van der Waals surface area (Å²) in [5.41, 5.74) is 6.17. The molecule has 6 heteroatoms. The van der Waals surface area contributed by atoms with Gasteiger partial charge in [-0.25, -0.2) is 0 Å². The normalized spacial score (nSPS) is 15.8. The predicted octanol–water partition coefficient (Wildman–Crippen LogP) is 0.493. The molecule has 1 saturated heterocycles. The van der Waals surface area contributed by atoms with E-state index in [1.807, 2.05) is 0 Å². The maximum atomic E-state index is 11.7. The molecular formula is C14H19N3O3. The number of nitrogens with one attached hydrogen (secondary N) is 2. The number of hydrogen-bond acceptors (Lipinski definition) is 4. The molecule has 0 aliphatic carbocycles. The van der Waals surface area contributed by atoms with Crippen LogP contribution in [-0.2, 0) is 9.53 Å². The highest BCUT2D eigenvalue weighted by atomic mass is 16.5. The molecule has 0 unspecified atom stereocenters. The van der Waals surface area contributed by atoms with Gasteiger partial charge in [0.25, 0.3) is 0 Å². The molecule has 2 rings (SSSR count). The summed E-state index contributed by atoms with van der Waals surface area (Å²) < 4.78 is 5.55. The largest absolute Gasteiger partial charge is 0.368 e. The minimum absolute atomic E-state index is 0.0439. The fraction of sp³-hybridized carbons (Fsp3) is 0.429. The van der Waals surface area contributed by atoms with Crippen molar-refractivity contribution < 1.29 is 14.3 Å². The highest BCUT2D eigenvalue weighted by Gasteiger charge is 2.14. The summed E-state index contributed by atoms with van der Waals surface area (Å²) in [6, 6.07) is 6.43. The zero-order valence-electron chi connectivity index (χ0n) is 11.2. The molecule has 1 heterocycles. The summed E-state index contributed by atoms with van der Waals surface area (Å²) in [5.74, 6) is -0.688. The Morgan fingerprint density at radius 1 is 1.25 bits per heavy atom. The fourth-order valence-electron chi connectivity index (χ4n) is 2.07. The SMILES string of the molecule is NC(=O)c1ccc(NC(=O)COC2CCNCC2)cc1. The van der Waals surface area contributed by atoms with Crippen molar-refractivity contribution in [1.82, 2.24) is 5.32 Å². The number of rotatable bonds is 5. The molecular weight excluding hydrogens is 258 g/mol. The highest BCUT2D eigenvalue weighted by molar-refractivity contribution is 5.95. The molecule has 0 atom stereocenters. The zero-order chi connectivity index (χ0) is 14.4. The van der Waals surface area contributed by atoms with Gasteiger partial charge in [0.1, 0.15) is 6.61 Å². The lowest BCUT2D eigenvalue weighted by Crippen LogP contribution is -2.34. The standard InChI is InChI=1S/C14H19N3O3/c15-14(19)10-1-3-11(4-2-10)17-13(18)9-20-12-5-7-16-8-6-12/h1-4,12,16H,5-9H2,(H2,15,19)(H,17,18). The van der Waals surface area contributed by atoms with Crippen LogP contribution >= 0.6 is 0 Å². The molecule has 0 spiro atoms. The van der Waals surface area contributed by atoms with Crippen LogP contribution in [0.1, 0.15) is 23.2 Å². The molecule has 1 fully saturated rings. The van der Waals surface area contributed by atoms with Crippen molar-refractivity contribution >= 4 is 17.5 Å². The number of carbonyl (C=O) groups is 2. The average Bonchev–Trinajstić information content (AvgIpc) is 2.47. The molecule has 6 nitrogen and oxygen atoms in total. The van der Waals surface area contributed by atoms with Gasteiger partial charge in [-0.3, -0.25) is 9.59 Å². The quantitative estimate of drug-likeness (QED) is 0.730. The monoisotopic (exact) mass is 277 g/mol. The van der Waals surface area contributed by atoms with Gasteiger partial charge in [-0.1, -0.05) is 0 Å². The van der Waals surface area contributed by atoms with Crippen LogP contribution < -0.4 is 16.4 Å². The highest BCUT2D eigenvalue weighted by Crippen LogP contribution is 2.10. The Balaban J connectivity index is 1.77. The number of amides is 2. The van der Waals surface area contributed by atoms with Gasteiger partial charge < -0.3 is 21.1 Å². The van der Waals surface area contributed by atoms with Crippen molar-refractivity contribution in [3.05, 3.63) is 29.8 Å². The van der Waals surface area contributed by atoms with Gasteiger partial charge in [0, 0.05) is 11.3 Å². The first kappa shape index (κ1) is 14.5.